The van der Waals surface area contributed by atoms with Crippen molar-refractivity contribution in [3.05, 3.63) is 198 Å². The molecule has 0 bridgehead atoms. The normalized spacial score (nSPS) is 14.0. The molecule has 0 saturated heterocycles. The van der Waals surface area contributed by atoms with Gasteiger partial charge in [0.05, 0.1) is 16.4 Å². The fraction of sp³-hybridized carbons (Fsp3) is 0.0200. The molecule has 56 heavy (non-hydrogen) atoms. The lowest BCUT2D eigenvalue weighted by molar-refractivity contribution is 0.726. The van der Waals surface area contributed by atoms with E-state index in [0.29, 0.717) is 5.96 Å². The van der Waals surface area contributed by atoms with Crippen molar-refractivity contribution < 1.29 is 0 Å². The van der Waals surface area contributed by atoms with Gasteiger partial charge in [-0.1, -0.05) is 151 Å². The molecule has 3 heterocycles. The quantitative estimate of drug-likeness (QED) is 0.140. The summed E-state index contributed by atoms with van der Waals surface area (Å²) in [5.41, 5.74) is 18.6. The predicted octanol–water partition coefficient (Wildman–Crippen LogP) is 13.2. The summed E-state index contributed by atoms with van der Waals surface area (Å²) < 4.78 is 3.30. The first-order valence-electron chi connectivity index (χ1n) is 18.8. The van der Waals surface area contributed by atoms with Crippen LogP contribution < -0.4 is 11.1 Å². The molecule has 0 amide bonds. The van der Waals surface area contributed by atoms with Gasteiger partial charge in [0.1, 0.15) is 10.7 Å². The van der Waals surface area contributed by atoms with Crippen molar-refractivity contribution in [1.29, 1.82) is 0 Å². The highest BCUT2D eigenvalue weighted by Gasteiger charge is 2.50. The van der Waals surface area contributed by atoms with E-state index in [1.165, 1.54) is 59.3 Å². The molecule has 10 aromatic rings. The standard InChI is InChI=1S/C50H32N4S2/c51-49(53-46-36-18-6-11-23-43(36)56-48(46)52-32-26-25-30-13-1-2-14-31(30)29-32)54-41-22-10-5-17-35(41)45-42(54)28-27-40-47(45)55-44-24-12-9-21-39(44)50(40)37-19-7-3-15-33(37)34-16-4-8-20-38(34)50/h1-29,52H,(H2,51,53). The van der Waals surface area contributed by atoms with Crippen LogP contribution in [0.4, 0.5) is 16.4 Å². The number of aromatic nitrogens is 1. The maximum Gasteiger partial charge on any atom is 0.205 e. The fourth-order valence-corrected chi connectivity index (χ4v) is 11.8. The van der Waals surface area contributed by atoms with E-state index in [1.54, 1.807) is 11.3 Å². The Hall–Kier alpha value is -6.60. The number of thiophene rings is 1. The van der Waals surface area contributed by atoms with Crippen molar-refractivity contribution in [3.63, 3.8) is 0 Å². The smallest absolute Gasteiger partial charge is 0.205 e. The first kappa shape index (κ1) is 31.7. The number of anilines is 2. The van der Waals surface area contributed by atoms with Gasteiger partial charge < -0.3 is 11.1 Å². The highest BCUT2D eigenvalue weighted by atomic mass is 32.2. The second kappa shape index (κ2) is 11.9. The number of para-hydroxylation sites is 1. The Morgan fingerprint density at radius 1 is 0.571 bits per heavy atom. The number of aliphatic imine (C=N–C) groups is 1. The van der Waals surface area contributed by atoms with Crippen molar-refractivity contribution in [1.82, 2.24) is 4.57 Å². The summed E-state index contributed by atoms with van der Waals surface area (Å²) in [4.78, 5) is 7.85. The fourth-order valence-electron chi connectivity index (χ4n) is 9.40. The summed E-state index contributed by atoms with van der Waals surface area (Å²) in [6, 6.07) is 63.5. The lowest BCUT2D eigenvalue weighted by Gasteiger charge is -2.40. The van der Waals surface area contributed by atoms with E-state index in [9.17, 15) is 0 Å². The van der Waals surface area contributed by atoms with Crippen molar-refractivity contribution in [2.45, 2.75) is 15.2 Å². The molecule has 2 aliphatic rings. The highest BCUT2D eigenvalue weighted by Crippen LogP contribution is 2.63. The van der Waals surface area contributed by atoms with Crippen LogP contribution in [0, 0.1) is 0 Å². The molecule has 0 saturated carbocycles. The van der Waals surface area contributed by atoms with Crippen LogP contribution in [-0.4, -0.2) is 10.5 Å². The molecule has 2 aromatic heterocycles. The number of hydrogen-bond acceptors (Lipinski definition) is 4. The van der Waals surface area contributed by atoms with Gasteiger partial charge in [0.15, 0.2) is 0 Å². The van der Waals surface area contributed by atoms with Gasteiger partial charge in [-0.2, -0.15) is 0 Å². The first-order valence-corrected chi connectivity index (χ1v) is 20.5. The minimum atomic E-state index is -0.458. The third-order valence-corrected chi connectivity index (χ3v) is 14.0. The minimum absolute atomic E-state index is 0.425. The van der Waals surface area contributed by atoms with Gasteiger partial charge in [-0.15, -0.1) is 11.3 Å². The Balaban J connectivity index is 1.09. The molecule has 12 rings (SSSR count). The molecule has 8 aromatic carbocycles. The van der Waals surface area contributed by atoms with Crippen LogP contribution in [0.15, 0.2) is 191 Å². The van der Waals surface area contributed by atoms with E-state index < -0.39 is 5.41 Å². The molecule has 0 atom stereocenters. The lowest BCUT2D eigenvalue weighted by atomic mass is 9.67. The van der Waals surface area contributed by atoms with Crippen LogP contribution in [0.3, 0.4) is 0 Å². The highest BCUT2D eigenvalue weighted by molar-refractivity contribution is 7.99. The maximum atomic E-state index is 7.27. The minimum Gasteiger partial charge on any atom is -0.369 e. The Morgan fingerprint density at radius 2 is 1.23 bits per heavy atom. The molecule has 0 unspecified atom stereocenters. The van der Waals surface area contributed by atoms with Crippen molar-refractivity contribution in [3.8, 4) is 11.1 Å². The van der Waals surface area contributed by atoms with E-state index >= 15 is 0 Å². The Bertz CT molecular complexity index is 3250. The third-order valence-electron chi connectivity index (χ3n) is 11.7. The first-order chi connectivity index (χ1) is 27.7. The van der Waals surface area contributed by atoms with Crippen molar-refractivity contribution in [2.24, 2.45) is 10.7 Å². The number of rotatable bonds is 3. The van der Waals surface area contributed by atoms with E-state index in [-0.39, 0.29) is 0 Å². The number of benzene rings is 8. The number of nitrogens with two attached hydrogens (primary N) is 1. The number of nitrogens with zero attached hydrogens (tertiary/aromatic N) is 2. The molecule has 1 spiro atoms. The SMILES string of the molecule is NC(=Nc1c(Nc2ccc3ccccc3c2)sc2ccccc12)n1c2ccccc2c2c3c(ccc21)C1(c2ccccc2S3)c2ccccc2-c2ccccc21. The van der Waals surface area contributed by atoms with Gasteiger partial charge in [0.25, 0.3) is 0 Å². The van der Waals surface area contributed by atoms with E-state index in [0.717, 1.165) is 42.9 Å². The summed E-state index contributed by atoms with van der Waals surface area (Å²) in [5.74, 6) is 0.425. The van der Waals surface area contributed by atoms with Gasteiger partial charge in [-0.3, -0.25) is 4.57 Å². The average Bonchev–Trinajstić information content (AvgIpc) is 3.87. The van der Waals surface area contributed by atoms with Gasteiger partial charge in [0, 0.05) is 36.3 Å². The molecular formula is C50H32N4S2. The molecule has 264 valence electrons. The van der Waals surface area contributed by atoms with Gasteiger partial charge in [-0.05, 0) is 80.6 Å². The summed E-state index contributed by atoms with van der Waals surface area (Å²) in [7, 11) is 0. The monoisotopic (exact) mass is 752 g/mol. The molecule has 6 heteroatoms. The summed E-state index contributed by atoms with van der Waals surface area (Å²) in [6.07, 6.45) is 0. The van der Waals surface area contributed by atoms with Gasteiger partial charge in [0.2, 0.25) is 5.96 Å². The largest absolute Gasteiger partial charge is 0.369 e. The van der Waals surface area contributed by atoms with Crippen LogP contribution in [0.2, 0.25) is 0 Å². The molecule has 0 fully saturated rings. The number of nitrogens with one attached hydrogen (secondary N) is 1. The summed E-state index contributed by atoms with van der Waals surface area (Å²) in [5, 5.41) is 10.5. The van der Waals surface area contributed by atoms with Crippen LogP contribution in [-0.2, 0) is 5.41 Å². The summed E-state index contributed by atoms with van der Waals surface area (Å²) >= 11 is 3.57. The molecular weight excluding hydrogens is 721 g/mol. The topological polar surface area (TPSA) is 55.3 Å². The zero-order valence-corrected chi connectivity index (χ0v) is 31.7. The zero-order chi connectivity index (χ0) is 37.0. The van der Waals surface area contributed by atoms with Crippen LogP contribution in [0.5, 0.6) is 0 Å². The molecule has 0 radical (unpaired) electrons. The molecule has 1 aliphatic heterocycles. The maximum absolute atomic E-state index is 7.27. The third kappa shape index (κ3) is 4.34. The van der Waals surface area contributed by atoms with Gasteiger partial charge in [-0.25, -0.2) is 4.99 Å². The van der Waals surface area contributed by atoms with E-state index in [4.69, 9.17) is 10.7 Å². The average molecular weight is 753 g/mol. The Kier molecular flexibility index (Phi) is 6.77. The van der Waals surface area contributed by atoms with E-state index in [2.05, 4.69) is 186 Å². The predicted molar refractivity (Wildman–Crippen MR) is 237 cm³/mol. The Labute approximate surface area is 331 Å². The lowest BCUT2D eigenvalue weighted by Crippen LogP contribution is -2.32. The molecule has 1 aliphatic carbocycles. The number of fused-ring (bicyclic) bond motifs is 15. The van der Waals surface area contributed by atoms with Gasteiger partial charge >= 0.3 is 0 Å². The molecule has 3 N–H and O–H groups in total. The second-order valence-corrected chi connectivity index (χ2v) is 16.7. The van der Waals surface area contributed by atoms with Crippen LogP contribution in [0.25, 0.3) is 53.8 Å². The van der Waals surface area contributed by atoms with Crippen LogP contribution >= 0.6 is 23.1 Å². The van der Waals surface area contributed by atoms with Crippen molar-refractivity contribution >= 4 is 88.1 Å². The van der Waals surface area contributed by atoms with Crippen LogP contribution in [0.1, 0.15) is 22.3 Å². The number of hydrogen-bond donors (Lipinski definition) is 2. The zero-order valence-electron chi connectivity index (χ0n) is 30.0. The van der Waals surface area contributed by atoms with Crippen molar-refractivity contribution in [2.75, 3.05) is 5.32 Å². The summed E-state index contributed by atoms with van der Waals surface area (Å²) in [6.45, 7) is 0. The van der Waals surface area contributed by atoms with E-state index in [1.807, 2.05) is 11.8 Å². The Morgan fingerprint density at radius 3 is 2.05 bits per heavy atom. The second-order valence-electron chi connectivity index (χ2n) is 14.6. The molecule has 4 nitrogen and oxygen atoms in total.